The molecule has 0 saturated carbocycles. The Labute approximate surface area is 164 Å². The molecule has 0 radical (unpaired) electrons. The van der Waals surface area contributed by atoms with Gasteiger partial charge in [0.1, 0.15) is 11.4 Å². The first-order valence-corrected chi connectivity index (χ1v) is 8.77. The minimum atomic E-state index is -4.44. The van der Waals surface area contributed by atoms with E-state index in [0.29, 0.717) is 35.7 Å². The molecular weight excluding hydrogens is 389 g/mol. The molecule has 7 nitrogen and oxygen atoms in total. The van der Waals surface area contributed by atoms with Gasteiger partial charge in [-0.05, 0) is 42.8 Å². The summed E-state index contributed by atoms with van der Waals surface area (Å²) in [6.45, 7) is 2.32. The molecule has 0 unspecified atom stereocenters. The fraction of sp³-hybridized carbons (Fsp3) is 0.211. The Balaban J connectivity index is 0.00000240. The zero-order valence-corrected chi connectivity index (χ0v) is 15.4. The molecule has 2 aliphatic rings. The molecule has 0 saturated heterocycles. The number of hydrogen-bond acceptors (Lipinski definition) is 5. The standard InChI is InChI=1S/C19H17F3N4O2.H2O/c1-2-11-24-16-18(28)25(13-9-7-12(8-10-13)19(20,21)22)23-26(16)15-6-4-3-5-14(15)17(24)27;/h3-10,23,28H,2,11H2,1H3;1H2. The van der Waals surface area contributed by atoms with E-state index in [9.17, 15) is 23.1 Å². The van der Waals surface area contributed by atoms with Gasteiger partial charge in [-0.2, -0.15) is 13.2 Å². The number of rotatable bonds is 3. The number of amides is 1. The van der Waals surface area contributed by atoms with Gasteiger partial charge in [0.15, 0.2) is 0 Å². The Bertz CT molecular complexity index is 960. The summed E-state index contributed by atoms with van der Waals surface area (Å²) in [5.41, 5.74) is 2.26. The molecule has 2 heterocycles. The molecule has 0 aromatic heterocycles. The van der Waals surface area contributed by atoms with Crippen LogP contribution in [0.25, 0.3) is 0 Å². The van der Waals surface area contributed by atoms with Crippen LogP contribution in [0.4, 0.5) is 24.5 Å². The summed E-state index contributed by atoms with van der Waals surface area (Å²) in [6.07, 6.45) is -3.76. The van der Waals surface area contributed by atoms with Crippen LogP contribution in [0.2, 0.25) is 0 Å². The monoisotopic (exact) mass is 408 g/mol. The van der Waals surface area contributed by atoms with Crippen molar-refractivity contribution in [1.82, 2.24) is 4.90 Å². The molecule has 0 fully saturated rings. The Morgan fingerprint density at radius 2 is 1.69 bits per heavy atom. The summed E-state index contributed by atoms with van der Waals surface area (Å²) in [5, 5.41) is 13.9. The Morgan fingerprint density at radius 1 is 1.03 bits per heavy atom. The highest BCUT2D eigenvalue weighted by molar-refractivity contribution is 6.03. The first kappa shape index (κ1) is 20.5. The molecule has 0 atom stereocenters. The summed E-state index contributed by atoms with van der Waals surface area (Å²) in [7, 11) is 0. The van der Waals surface area contributed by atoms with Gasteiger partial charge in [-0.1, -0.05) is 19.1 Å². The van der Waals surface area contributed by atoms with Crippen LogP contribution in [-0.2, 0) is 6.18 Å². The van der Waals surface area contributed by atoms with Gasteiger partial charge in [0.2, 0.25) is 5.82 Å². The second-order valence-electron chi connectivity index (χ2n) is 6.52. The third-order valence-corrected chi connectivity index (χ3v) is 4.70. The number of quaternary nitrogens is 1. The van der Waals surface area contributed by atoms with Crippen molar-refractivity contribution < 1.29 is 34.1 Å². The van der Waals surface area contributed by atoms with Crippen LogP contribution in [-0.4, -0.2) is 27.9 Å². The number of carbonyl (C=O) groups excluding carboxylic acids is 1. The normalized spacial score (nSPS) is 16.0. The number of hydrogen-bond donors (Lipinski definition) is 2. The summed E-state index contributed by atoms with van der Waals surface area (Å²) < 4.78 is 38.5. The van der Waals surface area contributed by atoms with E-state index in [4.69, 9.17) is 0 Å². The maximum absolute atomic E-state index is 12.9. The molecule has 4 rings (SSSR count). The largest absolute Gasteiger partial charge is 0.870 e. The summed E-state index contributed by atoms with van der Waals surface area (Å²) >= 11 is 0. The molecule has 2 aromatic rings. The van der Waals surface area contributed by atoms with Crippen LogP contribution in [0.1, 0.15) is 29.3 Å². The average molecular weight is 408 g/mol. The van der Waals surface area contributed by atoms with Crippen LogP contribution in [0, 0.1) is 0 Å². The van der Waals surface area contributed by atoms with Crippen molar-refractivity contribution >= 4 is 17.3 Å². The predicted octanol–water partition coefficient (Wildman–Crippen LogP) is 2.80. The molecule has 2 aromatic carbocycles. The maximum atomic E-state index is 12.9. The molecule has 2 aliphatic heterocycles. The second kappa shape index (κ2) is 7.30. The fourth-order valence-corrected chi connectivity index (χ4v) is 3.40. The van der Waals surface area contributed by atoms with Gasteiger partial charge in [-0.25, -0.2) is 0 Å². The van der Waals surface area contributed by atoms with Crippen LogP contribution in [0.3, 0.4) is 0 Å². The third kappa shape index (κ3) is 3.26. The summed E-state index contributed by atoms with van der Waals surface area (Å²) in [6, 6.07) is 11.5. The topological polar surface area (TPSA) is 93.6 Å². The Hall–Kier alpha value is -3.24. The molecule has 10 heteroatoms. The highest BCUT2D eigenvalue weighted by atomic mass is 19.4. The molecular formula is C19H19F3N4O3. The Morgan fingerprint density at radius 3 is 2.31 bits per heavy atom. The van der Waals surface area contributed by atoms with E-state index >= 15 is 0 Å². The highest BCUT2D eigenvalue weighted by Gasteiger charge is 2.46. The number of nitrogens with zero attached hydrogens (tertiary/aromatic N) is 3. The zero-order chi connectivity index (χ0) is 20.1. The molecule has 1 amide bonds. The quantitative estimate of drug-likeness (QED) is 0.762. The van der Waals surface area contributed by atoms with Gasteiger partial charge in [0, 0.05) is 6.54 Å². The van der Waals surface area contributed by atoms with E-state index in [2.05, 4.69) is 0 Å². The van der Waals surface area contributed by atoms with E-state index in [1.165, 1.54) is 22.0 Å². The molecule has 0 bridgehead atoms. The maximum Gasteiger partial charge on any atom is 0.416 e. The summed E-state index contributed by atoms with van der Waals surface area (Å²) in [4.78, 5) is 14.4. The van der Waals surface area contributed by atoms with E-state index in [0.717, 1.165) is 12.1 Å². The molecule has 154 valence electrons. The molecule has 4 N–H and O–H groups in total. The van der Waals surface area contributed by atoms with Crippen molar-refractivity contribution in [3.8, 4) is 0 Å². The van der Waals surface area contributed by atoms with E-state index < -0.39 is 11.7 Å². The minimum absolute atomic E-state index is 0. The van der Waals surface area contributed by atoms with Crippen LogP contribution in [0.5, 0.6) is 0 Å². The van der Waals surface area contributed by atoms with Crippen LogP contribution < -0.4 is 15.6 Å². The van der Waals surface area contributed by atoms with Crippen molar-refractivity contribution in [1.29, 1.82) is 0 Å². The lowest BCUT2D eigenvalue weighted by molar-refractivity contribution is -0.662. The smallest absolute Gasteiger partial charge is 0.416 e. The van der Waals surface area contributed by atoms with E-state index in [1.54, 1.807) is 34.8 Å². The van der Waals surface area contributed by atoms with E-state index in [-0.39, 0.29) is 17.3 Å². The summed E-state index contributed by atoms with van der Waals surface area (Å²) in [5.74, 6) is -0.139. The second-order valence-corrected chi connectivity index (χ2v) is 6.52. The van der Waals surface area contributed by atoms with Crippen molar-refractivity contribution in [3.63, 3.8) is 0 Å². The van der Waals surface area contributed by atoms with Gasteiger partial charge < -0.3 is 10.6 Å². The number of anilines is 2. The Kier molecular flexibility index (Phi) is 5.16. The number of aliphatic hydroxyl groups excluding tert-OH is 1. The lowest BCUT2D eigenvalue weighted by Gasteiger charge is -2.32. The van der Waals surface area contributed by atoms with Crippen molar-refractivity contribution in [3.05, 3.63) is 71.4 Å². The number of halogens is 3. The lowest BCUT2D eigenvalue weighted by Crippen LogP contribution is -3.00. The molecule has 29 heavy (non-hydrogen) atoms. The van der Waals surface area contributed by atoms with Gasteiger partial charge in [0.05, 0.1) is 11.1 Å². The lowest BCUT2D eigenvalue weighted by atomic mass is 10.1. The van der Waals surface area contributed by atoms with Crippen molar-refractivity contribution in [2.45, 2.75) is 19.5 Å². The number of fused-ring (bicyclic) bond motifs is 3. The van der Waals surface area contributed by atoms with Crippen molar-refractivity contribution in [2.75, 3.05) is 16.6 Å². The molecule has 0 aliphatic carbocycles. The fourth-order valence-electron chi connectivity index (χ4n) is 3.40. The zero-order valence-electron chi connectivity index (χ0n) is 15.4. The SMILES string of the molecule is CCCN1C(=O)c2ccccc2N2[NH2+]N(c3ccc(C(F)(F)F)cc3)C(O)=C12.[OH-]. The van der Waals surface area contributed by atoms with Crippen LogP contribution >= 0.6 is 0 Å². The van der Waals surface area contributed by atoms with Crippen LogP contribution in [0.15, 0.2) is 60.2 Å². The van der Waals surface area contributed by atoms with Gasteiger partial charge in [-0.15, -0.1) is 15.6 Å². The number of aliphatic hydroxyl groups is 1. The average Bonchev–Trinajstić information content (AvgIpc) is 3.02. The number of carbonyl (C=O) groups is 1. The predicted molar refractivity (Wildman–Crippen MR) is 97.7 cm³/mol. The van der Waals surface area contributed by atoms with Gasteiger partial charge >= 0.3 is 6.18 Å². The number of benzene rings is 2. The number of para-hydroxylation sites is 1. The first-order valence-electron chi connectivity index (χ1n) is 8.77. The minimum Gasteiger partial charge on any atom is -0.870 e. The van der Waals surface area contributed by atoms with Crippen molar-refractivity contribution in [2.24, 2.45) is 0 Å². The molecule has 0 spiro atoms. The third-order valence-electron chi connectivity index (χ3n) is 4.70. The van der Waals surface area contributed by atoms with E-state index in [1.807, 2.05) is 6.92 Å². The van der Waals surface area contributed by atoms with Gasteiger partial charge in [-0.3, -0.25) is 9.69 Å². The van der Waals surface area contributed by atoms with Gasteiger partial charge in [0.25, 0.3) is 11.8 Å². The number of nitrogens with two attached hydrogens (primary N) is 1. The highest BCUT2D eigenvalue weighted by Crippen LogP contribution is 2.36. The number of alkyl halides is 3. The first-order chi connectivity index (χ1) is 13.3.